The van der Waals surface area contributed by atoms with Crippen molar-refractivity contribution in [1.82, 2.24) is 4.90 Å². The first-order valence-electron chi connectivity index (χ1n) is 7.46. The highest BCUT2D eigenvalue weighted by atomic mass is 16.5. The summed E-state index contributed by atoms with van der Waals surface area (Å²) in [5.41, 5.74) is 1.48. The summed E-state index contributed by atoms with van der Waals surface area (Å²) in [5, 5.41) is 17.9. The lowest BCUT2D eigenvalue weighted by atomic mass is 10.2. The molecule has 1 fully saturated rings. The van der Waals surface area contributed by atoms with Gasteiger partial charge >= 0.3 is 5.97 Å². The summed E-state index contributed by atoms with van der Waals surface area (Å²) in [5.74, 6) is -0.812. The quantitative estimate of drug-likeness (QED) is 0.815. The Morgan fingerprint density at radius 1 is 1.36 bits per heavy atom. The first-order chi connectivity index (χ1) is 10.7. The molecule has 22 heavy (non-hydrogen) atoms. The number of nitriles is 1. The molecule has 1 aromatic rings. The summed E-state index contributed by atoms with van der Waals surface area (Å²) in [6, 6.07) is 9.43. The third-order valence-electron chi connectivity index (χ3n) is 3.73. The zero-order chi connectivity index (χ0) is 15.8. The standard InChI is InChI=1S/C16H21N3O3/c17-13-14-2-1-3-15(12-14)19(5-4-16(20)21)7-6-18-8-10-22-11-9-18/h1-3,12H,4-11H2,(H,20,21). The first-order valence-corrected chi connectivity index (χ1v) is 7.46. The van der Waals surface area contributed by atoms with Crippen molar-refractivity contribution in [3.63, 3.8) is 0 Å². The van der Waals surface area contributed by atoms with Crippen LogP contribution >= 0.6 is 0 Å². The van der Waals surface area contributed by atoms with Crippen molar-refractivity contribution in [2.75, 3.05) is 50.8 Å². The van der Waals surface area contributed by atoms with Crippen LogP contribution in [-0.4, -0.2) is 61.9 Å². The predicted octanol–water partition coefficient (Wildman–Crippen LogP) is 1.17. The monoisotopic (exact) mass is 303 g/mol. The summed E-state index contributed by atoms with van der Waals surface area (Å²) in [6.45, 7) is 5.35. The lowest BCUT2D eigenvalue weighted by Gasteiger charge is -2.31. The van der Waals surface area contributed by atoms with Crippen LogP contribution in [0.25, 0.3) is 0 Å². The molecule has 0 unspecified atom stereocenters. The van der Waals surface area contributed by atoms with Gasteiger partial charge in [0.2, 0.25) is 0 Å². The lowest BCUT2D eigenvalue weighted by molar-refractivity contribution is -0.136. The molecule has 1 heterocycles. The van der Waals surface area contributed by atoms with E-state index in [1.807, 2.05) is 17.0 Å². The Morgan fingerprint density at radius 2 is 2.14 bits per heavy atom. The van der Waals surface area contributed by atoms with E-state index < -0.39 is 5.97 Å². The van der Waals surface area contributed by atoms with Gasteiger partial charge < -0.3 is 14.7 Å². The molecule has 0 amide bonds. The summed E-state index contributed by atoms with van der Waals surface area (Å²) >= 11 is 0. The van der Waals surface area contributed by atoms with Gasteiger partial charge in [0.05, 0.1) is 31.3 Å². The highest BCUT2D eigenvalue weighted by molar-refractivity contribution is 5.67. The fourth-order valence-corrected chi connectivity index (χ4v) is 2.46. The van der Waals surface area contributed by atoms with E-state index in [9.17, 15) is 4.79 Å². The largest absolute Gasteiger partial charge is 0.481 e. The number of hydrogen-bond acceptors (Lipinski definition) is 5. The Bertz CT molecular complexity index is 536. The predicted molar refractivity (Wildman–Crippen MR) is 82.9 cm³/mol. The molecule has 6 nitrogen and oxygen atoms in total. The minimum atomic E-state index is -0.812. The highest BCUT2D eigenvalue weighted by Crippen LogP contribution is 2.16. The highest BCUT2D eigenvalue weighted by Gasteiger charge is 2.14. The Morgan fingerprint density at radius 3 is 2.82 bits per heavy atom. The van der Waals surface area contributed by atoms with Crippen LogP contribution in [0.2, 0.25) is 0 Å². The molecule has 0 aromatic heterocycles. The average molecular weight is 303 g/mol. The number of rotatable bonds is 7. The molecule has 0 atom stereocenters. The van der Waals surface area contributed by atoms with E-state index >= 15 is 0 Å². The van der Waals surface area contributed by atoms with E-state index in [4.69, 9.17) is 15.1 Å². The maximum atomic E-state index is 10.9. The molecule has 118 valence electrons. The third kappa shape index (κ3) is 5.02. The van der Waals surface area contributed by atoms with Crippen LogP contribution in [-0.2, 0) is 9.53 Å². The summed E-state index contributed by atoms with van der Waals surface area (Å²) < 4.78 is 5.33. The van der Waals surface area contributed by atoms with Gasteiger partial charge in [-0.15, -0.1) is 0 Å². The second-order valence-electron chi connectivity index (χ2n) is 5.25. The Kier molecular flexibility index (Phi) is 6.19. The second-order valence-corrected chi connectivity index (χ2v) is 5.25. The van der Waals surface area contributed by atoms with Crippen LogP contribution in [0, 0.1) is 11.3 Å². The SMILES string of the molecule is N#Cc1cccc(N(CCC(=O)O)CCN2CCOCC2)c1. The van der Waals surface area contributed by atoms with Crippen LogP contribution < -0.4 is 4.90 Å². The van der Waals surface area contributed by atoms with Crippen LogP contribution in [0.1, 0.15) is 12.0 Å². The molecule has 0 saturated carbocycles. The Balaban J connectivity index is 2.00. The van der Waals surface area contributed by atoms with Gasteiger partial charge in [0, 0.05) is 38.4 Å². The number of nitrogens with zero attached hydrogens (tertiary/aromatic N) is 3. The molecule has 0 bridgehead atoms. The lowest BCUT2D eigenvalue weighted by Crippen LogP contribution is -2.42. The minimum absolute atomic E-state index is 0.0832. The van der Waals surface area contributed by atoms with Gasteiger partial charge in [0.1, 0.15) is 0 Å². The Hall–Kier alpha value is -2.10. The normalized spacial score (nSPS) is 15.2. The fraction of sp³-hybridized carbons (Fsp3) is 0.500. The van der Waals surface area contributed by atoms with Crippen molar-refractivity contribution < 1.29 is 14.6 Å². The minimum Gasteiger partial charge on any atom is -0.481 e. The van der Waals surface area contributed by atoms with Gasteiger partial charge in [0.15, 0.2) is 0 Å². The molecular formula is C16H21N3O3. The summed E-state index contributed by atoms with van der Waals surface area (Å²) in [7, 11) is 0. The van der Waals surface area contributed by atoms with Gasteiger partial charge in [-0.25, -0.2) is 0 Å². The molecule has 1 aliphatic heterocycles. The zero-order valence-corrected chi connectivity index (χ0v) is 12.6. The van der Waals surface area contributed by atoms with Crippen molar-refractivity contribution >= 4 is 11.7 Å². The molecule has 1 aliphatic rings. The smallest absolute Gasteiger partial charge is 0.305 e. The van der Waals surface area contributed by atoms with E-state index in [0.29, 0.717) is 12.1 Å². The zero-order valence-electron chi connectivity index (χ0n) is 12.6. The van der Waals surface area contributed by atoms with Crippen molar-refractivity contribution in [3.8, 4) is 6.07 Å². The van der Waals surface area contributed by atoms with Gasteiger partial charge in [0.25, 0.3) is 0 Å². The molecule has 1 saturated heterocycles. The molecule has 1 aromatic carbocycles. The van der Waals surface area contributed by atoms with Gasteiger partial charge in [-0.3, -0.25) is 9.69 Å². The van der Waals surface area contributed by atoms with E-state index in [1.54, 1.807) is 12.1 Å². The number of aliphatic carboxylic acids is 1. The number of carbonyl (C=O) groups is 1. The summed E-state index contributed by atoms with van der Waals surface area (Å²) in [6.07, 6.45) is 0.0832. The van der Waals surface area contributed by atoms with Crippen molar-refractivity contribution in [3.05, 3.63) is 29.8 Å². The van der Waals surface area contributed by atoms with Gasteiger partial charge in [-0.2, -0.15) is 5.26 Å². The molecule has 0 radical (unpaired) electrons. The molecule has 6 heteroatoms. The maximum Gasteiger partial charge on any atom is 0.305 e. The number of morpholine rings is 1. The number of hydrogen-bond donors (Lipinski definition) is 1. The molecule has 0 spiro atoms. The second kappa shape index (κ2) is 8.37. The van der Waals surface area contributed by atoms with E-state index in [2.05, 4.69) is 11.0 Å². The van der Waals surface area contributed by atoms with E-state index in [1.165, 1.54) is 0 Å². The van der Waals surface area contributed by atoms with Crippen molar-refractivity contribution in [2.45, 2.75) is 6.42 Å². The number of benzene rings is 1. The van der Waals surface area contributed by atoms with E-state index in [0.717, 1.165) is 45.1 Å². The van der Waals surface area contributed by atoms with Crippen LogP contribution in [0.15, 0.2) is 24.3 Å². The first kappa shape index (κ1) is 16.3. The van der Waals surface area contributed by atoms with Crippen LogP contribution in [0.3, 0.4) is 0 Å². The van der Waals surface area contributed by atoms with Crippen LogP contribution in [0.5, 0.6) is 0 Å². The Labute approximate surface area is 130 Å². The third-order valence-corrected chi connectivity index (χ3v) is 3.73. The molecule has 0 aliphatic carbocycles. The van der Waals surface area contributed by atoms with Gasteiger partial charge in [-0.1, -0.05) is 6.07 Å². The van der Waals surface area contributed by atoms with Gasteiger partial charge in [-0.05, 0) is 18.2 Å². The molecule has 2 rings (SSSR count). The fourth-order valence-electron chi connectivity index (χ4n) is 2.46. The maximum absolute atomic E-state index is 10.9. The summed E-state index contributed by atoms with van der Waals surface area (Å²) in [4.78, 5) is 15.2. The number of carboxylic acids is 1. The topological polar surface area (TPSA) is 76.8 Å². The average Bonchev–Trinajstić information content (AvgIpc) is 2.55. The number of anilines is 1. The van der Waals surface area contributed by atoms with Crippen LogP contribution in [0.4, 0.5) is 5.69 Å². The number of ether oxygens (including phenoxy) is 1. The number of carboxylic acid groups (broad SMARTS) is 1. The molecule has 1 N–H and O–H groups in total. The molecular weight excluding hydrogens is 282 g/mol. The van der Waals surface area contributed by atoms with Crippen molar-refractivity contribution in [2.24, 2.45) is 0 Å². The van der Waals surface area contributed by atoms with E-state index in [-0.39, 0.29) is 6.42 Å². The van der Waals surface area contributed by atoms with Crippen molar-refractivity contribution in [1.29, 1.82) is 5.26 Å².